The van der Waals surface area contributed by atoms with Crippen molar-refractivity contribution in [3.63, 3.8) is 0 Å². The third-order valence-electron chi connectivity index (χ3n) is 7.21. The molecular weight excluding hydrogens is 381 g/mol. The first kappa shape index (κ1) is 21.6. The topological polar surface area (TPSA) is 58.8 Å². The number of piperidine rings is 2. The largest absolute Gasteiger partial charge is 0.376 e. The van der Waals surface area contributed by atoms with E-state index >= 15 is 0 Å². The predicted molar refractivity (Wildman–Crippen MR) is 117 cm³/mol. The molecule has 3 aliphatic rings. The molecule has 2 saturated heterocycles. The molecule has 1 saturated carbocycles. The van der Waals surface area contributed by atoms with Crippen LogP contribution in [-0.4, -0.2) is 55.2 Å². The molecule has 1 aromatic carbocycles. The van der Waals surface area contributed by atoms with Gasteiger partial charge >= 0.3 is 0 Å². The highest BCUT2D eigenvalue weighted by atomic mass is 19.1. The number of nitrogens with zero attached hydrogens (tertiary/aromatic N) is 2. The van der Waals surface area contributed by atoms with Gasteiger partial charge in [0.2, 0.25) is 5.91 Å². The zero-order valence-corrected chi connectivity index (χ0v) is 18.0. The first-order valence-electron chi connectivity index (χ1n) is 11.8. The fourth-order valence-electron chi connectivity index (χ4n) is 5.36. The van der Waals surface area contributed by atoms with E-state index in [9.17, 15) is 9.18 Å². The Labute approximate surface area is 179 Å². The Balaban J connectivity index is 1.30. The third kappa shape index (κ3) is 4.97. The van der Waals surface area contributed by atoms with Gasteiger partial charge in [-0.3, -0.25) is 4.79 Å². The van der Waals surface area contributed by atoms with Crippen molar-refractivity contribution in [1.82, 2.24) is 4.90 Å². The van der Waals surface area contributed by atoms with Gasteiger partial charge in [0.25, 0.3) is 0 Å². The van der Waals surface area contributed by atoms with Crippen LogP contribution in [0.4, 0.5) is 10.1 Å². The molecule has 0 aromatic heterocycles. The van der Waals surface area contributed by atoms with E-state index in [0.29, 0.717) is 18.2 Å². The number of anilines is 1. The molecule has 0 bridgehead atoms. The van der Waals surface area contributed by atoms with Crippen molar-refractivity contribution in [3.05, 3.63) is 30.1 Å². The van der Waals surface area contributed by atoms with Crippen LogP contribution >= 0.6 is 0 Å². The quantitative estimate of drug-likeness (QED) is 0.794. The Morgan fingerprint density at radius 2 is 1.73 bits per heavy atom. The minimum Gasteiger partial charge on any atom is -0.376 e. The lowest BCUT2D eigenvalue weighted by Crippen LogP contribution is -2.58. The molecule has 1 amide bonds. The molecule has 166 valence electrons. The van der Waals surface area contributed by atoms with Crippen molar-refractivity contribution in [1.29, 1.82) is 0 Å². The molecule has 2 aliphatic heterocycles. The maximum absolute atomic E-state index is 14.1. The predicted octanol–water partition coefficient (Wildman–Crippen LogP) is 3.71. The Kier molecular flexibility index (Phi) is 7.26. The number of benzene rings is 1. The lowest BCUT2D eigenvalue weighted by Gasteiger charge is -2.42. The molecule has 6 heteroatoms. The fraction of sp³-hybridized carbons (Fsp3) is 0.708. The van der Waals surface area contributed by atoms with Crippen LogP contribution in [0.5, 0.6) is 0 Å². The van der Waals surface area contributed by atoms with Crippen LogP contribution in [0.25, 0.3) is 0 Å². The second kappa shape index (κ2) is 10.1. The number of para-hydroxylation sites is 1. The average Bonchev–Trinajstić information content (AvgIpc) is 2.79. The molecule has 2 heterocycles. The number of halogens is 1. The summed E-state index contributed by atoms with van der Waals surface area (Å²) in [5.74, 6) is 0.310. The van der Waals surface area contributed by atoms with Gasteiger partial charge in [0.1, 0.15) is 5.82 Å². The number of hydrogen-bond donors (Lipinski definition) is 1. The number of carbonyl (C=O) groups is 1. The van der Waals surface area contributed by atoms with Gasteiger partial charge < -0.3 is 20.3 Å². The van der Waals surface area contributed by atoms with Gasteiger partial charge in [-0.05, 0) is 50.7 Å². The first-order valence-corrected chi connectivity index (χ1v) is 11.8. The number of nitrogens with two attached hydrogens (primary N) is 1. The Morgan fingerprint density at radius 1 is 1.00 bits per heavy atom. The maximum Gasteiger partial charge on any atom is 0.226 e. The van der Waals surface area contributed by atoms with Crippen LogP contribution in [-0.2, 0) is 9.53 Å². The summed E-state index contributed by atoms with van der Waals surface area (Å²) in [7, 11) is 0. The van der Waals surface area contributed by atoms with Gasteiger partial charge in [0.05, 0.1) is 24.4 Å². The van der Waals surface area contributed by atoms with Crippen LogP contribution in [0.15, 0.2) is 24.3 Å². The molecule has 30 heavy (non-hydrogen) atoms. The van der Waals surface area contributed by atoms with Crippen LogP contribution in [0.2, 0.25) is 0 Å². The summed E-state index contributed by atoms with van der Waals surface area (Å²) in [6.45, 7) is 2.90. The minimum absolute atomic E-state index is 0.00945. The summed E-state index contributed by atoms with van der Waals surface area (Å²) in [6, 6.07) is 6.93. The Bertz CT molecular complexity index is 701. The second-order valence-electron chi connectivity index (χ2n) is 9.21. The standard InChI is InChI=1S/C24H36FN3O2/c25-20-9-4-5-11-22(20)27-15-12-19(13-16-27)30-17-23-21(26)10-6-14-28(23)24(29)18-7-2-1-3-8-18/h4-5,9,11,18-19,21,23H,1-3,6-8,10,12-17,26H2/t21-,23-/m0/s1. The Morgan fingerprint density at radius 3 is 2.47 bits per heavy atom. The number of hydrogen-bond acceptors (Lipinski definition) is 4. The highest BCUT2D eigenvalue weighted by Gasteiger charge is 2.36. The maximum atomic E-state index is 14.1. The van der Waals surface area contributed by atoms with E-state index in [1.807, 2.05) is 17.0 Å². The van der Waals surface area contributed by atoms with Crippen LogP contribution in [0.1, 0.15) is 57.8 Å². The number of rotatable bonds is 5. The van der Waals surface area contributed by atoms with E-state index in [-0.39, 0.29) is 29.9 Å². The van der Waals surface area contributed by atoms with Crippen molar-refractivity contribution in [2.75, 3.05) is 31.1 Å². The first-order chi connectivity index (χ1) is 14.6. The van der Waals surface area contributed by atoms with Crippen LogP contribution in [0, 0.1) is 11.7 Å². The van der Waals surface area contributed by atoms with Crippen LogP contribution < -0.4 is 10.6 Å². The summed E-state index contributed by atoms with van der Waals surface area (Å²) in [5, 5.41) is 0. The van der Waals surface area contributed by atoms with Gasteiger partial charge in [-0.15, -0.1) is 0 Å². The van der Waals surface area contributed by atoms with Crippen molar-refractivity contribution in [2.45, 2.75) is 76.0 Å². The molecule has 2 atom stereocenters. The van der Waals surface area contributed by atoms with Gasteiger partial charge in [-0.1, -0.05) is 31.4 Å². The molecule has 1 aliphatic carbocycles. The summed E-state index contributed by atoms with van der Waals surface area (Å²) < 4.78 is 20.3. The molecule has 2 N–H and O–H groups in total. The van der Waals surface area contributed by atoms with Gasteiger partial charge in [0, 0.05) is 31.6 Å². The number of ether oxygens (including phenoxy) is 1. The summed E-state index contributed by atoms with van der Waals surface area (Å²) in [4.78, 5) is 17.3. The van der Waals surface area contributed by atoms with E-state index in [0.717, 1.165) is 71.0 Å². The fourth-order valence-corrected chi connectivity index (χ4v) is 5.36. The van der Waals surface area contributed by atoms with Crippen LogP contribution in [0.3, 0.4) is 0 Å². The van der Waals surface area contributed by atoms with E-state index in [1.165, 1.54) is 12.5 Å². The van der Waals surface area contributed by atoms with Gasteiger partial charge in [0.15, 0.2) is 0 Å². The highest BCUT2D eigenvalue weighted by molar-refractivity contribution is 5.79. The van der Waals surface area contributed by atoms with Crippen molar-refractivity contribution >= 4 is 11.6 Å². The lowest BCUT2D eigenvalue weighted by molar-refractivity contribution is -0.143. The third-order valence-corrected chi connectivity index (χ3v) is 7.21. The molecule has 5 nitrogen and oxygen atoms in total. The summed E-state index contributed by atoms with van der Waals surface area (Å²) in [5.41, 5.74) is 7.12. The number of carbonyl (C=O) groups excluding carboxylic acids is 1. The molecule has 1 aromatic rings. The zero-order valence-electron chi connectivity index (χ0n) is 18.0. The van der Waals surface area contributed by atoms with Gasteiger partial charge in [-0.25, -0.2) is 4.39 Å². The summed E-state index contributed by atoms with van der Waals surface area (Å²) in [6.07, 6.45) is 9.44. The zero-order chi connectivity index (χ0) is 20.9. The smallest absolute Gasteiger partial charge is 0.226 e. The molecule has 4 rings (SSSR count). The Hall–Kier alpha value is -1.66. The van der Waals surface area contributed by atoms with E-state index in [1.54, 1.807) is 6.07 Å². The van der Waals surface area contributed by atoms with Crippen molar-refractivity contribution in [2.24, 2.45) is 11.7 Å². The summed E-state index contributed by atoms with van der Waals surface area (Å²) >= 11 is 0. The van der Waals surface area contributed by atoms with Crippen molar-refractivity contribution < 1.29 is 13.9 Å². The molecular formula is C24H36FN3O2. The van der Waals surface area contributed by atoms with E-state index < -0.39 is 0 Å². The SMILES string of the molecule is N[C@H]1CCCN(C(=O)C2CCCCC2)[C@H]1COC1CCN(c2ccccc2F)CC1. The molecule has 0 spiro atoms. The monoisotopic (exact) mass is 417 g/mol. The molecule has 0 radical (unpaired) electrons. The van der Waals surface area contributed by atoms with Crippen molar-refractivity contribution in [3.8, 4) is 0 Å². The average molecular weight is 418 g/mol. The van der Waals surface area contributed by atoms with E-state index in [4.69, 9.17) is 10.5 Å². The highest BCUT2D eigenvalue weighted by Crippen LogP contribution is 2.29. The minimum atomic E-state index is -0.165. The lowest BCUT2D eigenvalue weighted by atomic mass is 9.86. The van der Waals surface area contributed by atoms with Gasteiger partial charge in [-0.2, -0.15) is 0 Å². The molecule has 0 unspecified atom stereocenters. The number of amides is 1. The molecule has 3 fully saturated rings. The number of likely N-dealkylation sites (tertiary alicyclic amines) is 1. The second-order valence-corrected chi connectivity index (χ2v) is 9.21. The van der Waals surface area contributed by atoms with E-state index in [2.05, 4.69) is 4.90 Å². The normalized spacial score (nSPS) is 26.7.